The van der Waals surface area contributed by atoms with Crippen molar-refractivity contribution in [1.29, 1.82) is 0 Å². The van der Waals surface area contributed by atoms with Crippen molar-refractivity contribution in [2.75, 3.05) is 0 Å². The Labute approximate surface area is 99.6 Å². The molecule has 0 aliphatic carbocycles. The topological polar surface area (TPSA) is 33.1 Å². The van der Waals surface area contributed by atoms with E-state index < -0.39 is 6.10 Å². The Kier molecular flexibility index (Phi) is 3.36. The van der Waals surface area contributed by atoms with Crippen molar-refractivity contribution in [3.63, 3.8) is 0 Å². The predicted molar refractivity (Wildman–Crippen MR) is 66.7 cm³/mol. The van der Waals surface area contributed by atoms with Crippen LogP contribution in [0.2, 0.25) is 0 Å². The summed E-state index contributed by atoms with van der Waals surface area (Å²) in [5.41, 5.74) is 3.13. The maximum absolute atomic E-state index is 10.0. The zero-order valence-corrected chi connectivity index (χ0v) is 10.3. The van der Waals surface area contributed by atoms with E-state index in [0.29, 0.717) is 6.42 Å². The molecule has 0 aliphatic heterocycles. The van der Waals surface area contributed by atoms with Gasteiger partial charge in [-0.05, 0) is 19.4 Å². The van der Waals surface area contributed by atoms with Gasteiger partial charge in [-0.3, -0.25) is 0 Å². The highest BCUT2D eigenvalue weighted by molar-refractivity contribution is 7.09. The van der Waals surface area contributed by atoms with Crippen LogP contribution < -0.4 is 0 Å². The summed E-state index contributed by atoms with van der Waals surface area (Å²) in [5.74, 6) is 0. The van der Waals surface area contributed by atoms with Crippen molar-refractivity contribution in [2.24, 2.45) is 0 Å². The molecule has 1 N–H and O–H groups in total. The molecule has 2 rings (SSSR count). The Morgan fingerprint density at radius 3 is 2.50 bits per heavy atom. The summed E-state index contributed by atoms with van der Waals surface area (Å²) in [4.78, 5) is 4.35. The number of aryl methyl sites for hydroxylation is 2. The molecule has 1 atom stereocenters. The summed E-state index contributed by atoms with van der Waals surface area (Å²) < 4.78 is 0. The molecule has 2 aromatic rings. The number of aliphatic hydroxyl groups excluding tert-OH is 1. The second kappa shape index (κ2) is 4.76. The smallest absolute Gasteiger partial charge is 0.0897 e. The van der Waals surface area contributed by atoms with Crippen molar-refractivity contribution in [2.45, 2.75) is 26.4 Å². The number of aliphatic hydroxyl groups is 1. The van der Waals surface area contributed by atoms with Crippen LogP contribution in [0.1, 0.15) is 27.9 Å². The van der Waals surface area contributed by atoms with Crippen LogP contribution in [0.4, 0.5) is 0 Å². The molecule has 0 saturated heterocycles. The van der Waals surface area contributed by atoms with Gasteiger partial charge in [-0.1, -0.05) is 29.8 Å². The van der Waals surface area contributed by atoms with Crippen molar-refractivity contribution in [3.05, 3.63) is 51.5 Å². The van der Waals surface area contributed by atoms with E-state index >= 15 is 0 Å². The first-order valence-corrected chi connectivity index (χ1v) is 6.19. The Bertz CT molecular complexity index is 461. The molecular formula is C13H15NOS. The Morgan fingerprint density at radius 1 is 1.25 bits per heavy atom. The molecule has 0 spiro atoms. The zero-order chi connectivity index (χ0) is 11.5. The monoisotopic (exact) mass is 233 g/mol. The lowest BCUT2D eigenvalue weighted by Crippen LogP contribution is -2.02. The quantitative estimate of drug-likeness (QED) is 0.884. The SMILES string of the molecule is Cc1ccc(C(O)Cc2csc(C)n2)cc1. The number of thiazole rings is 1. The summed E-state index contributed by atoms with van der Waals surface area (Å²) >= 11 is 1.62. The number of hydrogen-bond acceptors (Lipinski definition) is 3. The highest BCUT2D eigenvalue weighted by Gasteiger charge is 2.10. The number of nitrogens with zero attached hydrogens (tertiary/aromatic N) is 1. The van der Waals surface area contributed by atoms with E-state index in [0.717, 1.165) is 16.3 Å². The van der Waals surface area contributed by atoms with Gasteiger partial charge >= 0.3 is 0 Å². The molecule has 0 radical (unpaired) electrons. The third kappa shape index (κ3) is 2.68. The highest BCUT2D eigenvalue weighted by atomic mass is 32.1. The maximum atomic E-state index is 10.0. The normalized spacial score (nSPS) is 12.7. The summed E-state index contributed by atoms with van der Waals surface area (Å²) in [6.07, 6.45) is 0.134. The van der Waals surface area contributed by atoms with Gasteiger partial charge < -0.3 is 5.11 Å². The Morgan fingerprint density at radius 2 is 1.94 bits per heavy atom. The molecule has 16 heavy (non-hydrogen) atoms. The fraction of sp³-hybridized carbons (Fsp3) is 0.308. The van der Waals surface area contributed by atoms with Gasteiger partial charge in [0.1, 0.15) is 0 Å². The van der Waals surface area contributed by atoms with E-state index in [2.05, 4.69) is 4.98 Å². The minimum atomic E-state index is -0.456. The Hall–Kier alpha value is -1.19. The first kappa shape index (κ1) is 11.3. The Balaban J connectivity index is 2.08. The summed E-state index contributed by atoms with van der Waals surface area (Å²) in [5, 5.41) is 13.1. The van der Waals surface area contributed by atoms with Crippen LogP contribution in [-0.4, -0.2) is 10.1 Å². The summed E-state index contributed by atoms with van der Waals surface area (Å²) in [6.45, 7) is 4.02. The third-order valence-electron chi connectivity index (χ3n) is 2.53. The molecule has 2 nitrogen and oxygen atoms in total. The lowest BCUT2D eigenvalue weighted by atomic mass is 10.0. The maximum Gasteiger partial charge on any atom is 0.0897 e. The zero-order valence-electron chi connectivity index (χ0n) is 9.47. The van der Waals surface area contributed by atoms with E-state index in [-0.39, 0.29) is 0 Å². The third-order valence-corrected chi connectivity index (χ3v) is 3.35. The minimum Gasteiger partial charge on any atom is -0.388 e. The summed E-state index contributed by atoms with van der Waals surface area (Å²) in [6, 6.07) is 7.98. The molecule has 84 valence electrons. The molecular weight excluding hydrogens is 218 g/mol. The van der Waals surface area contributed by atoms with Crippen LogP contribution in [0, 0.1) is 13.8 Å². The molecule has 1 aromatic carbocycles. The minimum absolute atomic E-state index is 0.456. The standard InChI is InChI=1S/C13H15NOS/c1-9-3-5-11(6-4-9)13(15)7-12-8-16-10(2)14-12/h3-6,8,13,15H,7H2,1-2H3. The number of rotatable bonds is 3. The summed E-state index contributed by atoms with van der Waals surface area (Å²) in [7, 11) is 0. The van der Waals surface area contributed by atoms with Gasteiger partial charge in [0.2, 0.25) is 0 Å². The van der Waals surface area contributed by atoms with Gasteiger partial charge in [0, 0.05) is 11.8 Å². The van der Waals surface area contributed by atoms with Gasteiger partial charge in [0.25, 0.3) is 0 Å². The second-order valence-corrected chi connectivity index (χ2v) is 5.05. The lowest BCUT2D eigenvalue weighted by molar-refractivity contribution is 0.177. The van der Waals surface area contributed by atoms with Gasteiger partial charge in [0.15, 0.2) is 0 Å². The van der Waals surface area contributed by atoms with Crippen molar-refractivity contribution in [1.82, 2.24) is 4.98 Å². The molecule has 0 bridgehead atoms. The molecule has 1 heterocycles. The van der Waals surface area contributed by atoms with E-state index in [9.17, 15) is 5.11 Å². The van der Waals surface area contributed by atoms with E-state index in [1.54, 1.807) is 11.3 Å². The molecule has 3 heteroatoms. The van der Waals surface area contributed by atoms with Crippen molar-refractivity contribution in [3.8, 4) is 0 Å². The van der Waals surface area contributed by atoms with Gasteiger partial charge in [-0.2, -0.15) is 0 Å². The number of benzene rings is 1. The second-order valence-electron chi connectivity index (χ2n) is 3.99. The molecule has 1 aromatic heterocycles. The average molecular weight is 233 g/mol. The van der Waals surface area contributed by atoms with Crippen LogP contribution in [0.3, 0.4) is 0 Å². The van der Waals surface area contributed by atoms with Crippen LogP contribution in [0.15, 0.2) is 29.6 Å². The van der Waals surface area contributed by atoms with Crippen LogP contribution in [0.25, 0.3) is 0 Å². The fourth-order valence-electron chi connectivity index (χ4n) is 1.61. The van der Waals surface area contributed by atoms with Crippen LogP contribution in [0.5, 0.6) is 0 Å². The van der Waals surface area contributed by atoms with Crippen molar-refractivity contribution >= 4 is 11.3 Å². The first-order chi connectivity index (χ1) is 7.65. The molecule has 0 saturated carbocycles. The largest absolute Gasteiger partial charge is 0.388 e. The predicted octanol–water partition coefficient (Wildman–Crippen LogP) is 3.04. The molecule has 0 amide bonds. The molecule has 0 fully saturated rings. The molecule has 1 unspecified atom stereocenters. The number of aromatic nitrogens is 1. The highest BCUT2D eigenvalue weighted by Crippen LogP contribution is 2.19. The van der Waals surface area contributed by atoms with E-state index in [4.69, 9.17) is 0 Å². The average Bonchev–Trinajstić information content (AvgIpc) is 2.65. The van der Waals surface area contributed by atoms with Gasteiger partial charge in [-0.25, -0.2) is 4.98 Å². The lowest BCUT2D eigenvalue weighted by Gasteiger charge is -2.09. The van der Waals surface area contributed by atoms with Gasteiger partial charge in [-0.15, -0.1) is 11.3 Å². The van der Waals surface area contributed by atoms with Crippen LogP contribution >= 0.6 is 11.3 Å². The fourth-order valence-corrected chi connectivity index (χ4v) is 2.23. The van der Waals surface area contributed by atoms with Crippen molar-refractivity contribution < 1.29 is 5.11 Å². The van der Waals surface area contributed by atoms with E-state index in [1.807, 2.05) is 43.5 Å². The van der Waals surface area contributed by atoms with Crippen LogP contribution in [-0.2, 0) is 6.42 Å². The van der Waals surface area contributed by atoms with E-state index in [1.165, 1.54) is 5.56 Å². The van der Waals surface area contributed by atoms with Gasteiger partial charge in [0.05, 0.1) is 16.8 Å². The molecule has 0 aliphatic rings. The first-order valence-electron chi connectivity index (χ1n) is 5.31. The number of hydrogen-bond donors (Lipinski definition) is 1.